The summed E-state index contributed by atoms with van der Waals surface area (Å²) in [6.07, 6.45) is 0.0813. The normalized spacial score (nSPS) is 27.5. The van der Waals surface area contributed by atoms with E-state index in [0.717, 1.165) is 5.39 Å². The number of aliphatic hydroxyl groups excluding tert-OH is 1. The maximum Gasteiger partial charge on any atom is 0.226 e. The van der Waals surface area contributed by atoms with Crippen molar-refractivity contribution in [3.05, 3.63) is 6.20 Å². The van der Waals surface area contributed by atoms with Crippen LogP contribution in [0.4, 0.5) is 11.8 Å². The summed E-state index contributed by atoms with van der Waals surface area (Å²) in [4.78, 5) is 8.73. The van der Waals surface area contributed by atoms with E-state index in [9.17, 15) is 5.11 Å². The molecule has 0 saturated carbocycles. The molecule has 2 aromatic rings. The monoisotopic (exact) mass is 311 g/mol. The zero-order valence-electron chi connectivity index (χ0n) is 14.4. The summed E-state index contributed by atoms with van der Waals surface area (Å²) in [5, 5.41) is 21.1. The number of nitrogens with zero attached hydrogens (tertiary/aromatic N) is 4. The molecule has 9 nitrogen and oxygen atoms in total. The molecule has 0 radical (unpaired) electrons. The molecule has 4 atom stereocenters. The largest absolute Gasteiger partial charge is 0.390 e. The molecule has 3 heterocycles. The zero-order chi connectivity index (χ0) is 17.3. The maximum atomic E-state index is 10.1. The summed E-state index contributed by atoms with van der Waals surface area (Å²) in [5.74, 6) is 1.08. The van der Waals surface area contributed by atoms with Gasteiger partial charge in [0.2, 0.25) is 5.95 Å². The van der Waals surface area contributed by atoms with Crippen molar-refractivity contribution in [3.8, 4) is 0 Å². The lowest BCUT2D eigenvalue weighted by atomic mass is 10.2. The summed E-state index contributed by atoms with van der Waals surface area (Å²) in [7, 11) is 2.08. The summed E-state index contributed by atoms with van der Waals surface area (Å²) in [6, 6.07) is 0. The molecule has 22 heavy (non-hydrogen) atoms. The van der Waals surface area contributed by atoms with E-state index in [2.05, 4.69) is 25.7 Å². The average Bonchev–Trinajstić information content (AvgIpc) is 3.15. The zero-order valence-corrected chi connectivity index (χ0v) is 12.4. The molecule has 0 aliphatic carbocycles. The summed E-state index contributed by atoms with van der Waals surface area (Å²) in [6.45, 7) is -0.0208. The highest BCUT2D eigenvalue weighted by atomic mass is 16.6. The van der Waals surface area contributed by atoms with Gasteiger partial charge in [-0.2, -0.15) is 15.1 Å². The molecule has 0 spiro atoms. The number of aliphatic hydroxyl groups is 1. The Hall–Kier alpha value is -1.97. The molecule has 120 valence electrons. The van der Waals surface area contributed by atoms with Gasteiger partial charge >= 0.3 is 0 Å². The van der Waals surface area contributed by atoms with Crippen LogP contribution in [0.2, 0.25) is 0 Å². The molecule has 1 fully saturated rings. The molecule has 1 aliphatic rings. The minimum Gasteiger partial charge on any atom is -0.390 e. The van der Waals surface area contributed by atoms with Gasteiger partial charge in [-0.05, 0) is 0 Å². The Morgan fingerprint density at radius 3 is 3.18 bits per heavy atom. The summed E-state index contributed by atoms with van der Waals surface area (Å²) in [5.41, 5.74) is 0.580. The Morgan fingerprint density at radius 1 is 1.59 bits per heavy atom. The molecule has 2 aromatic heterocycles. The van der Waals surface area contributed by atoms with Crippen molar-refractivity contribution in [1.29, 1.82) is 0 Å². The first-order chi connectivity index (χ1) is 11.5. The summed E-state index contributed by atoms with van der Waals surface area (Å²) < 4.78 is 26.4. The van der Waals surface area contributed by atoms with Gasteiger partial charge in [0.25, 0.3) is 0 Å². The smallest absolute Gasteiger partial charge is 0.226 e. The molecule has 1 unspecified atom stereocenters. The second-order valence-electron chi connectivity index (χ2n) is 4.99. The number of hydrogen-bond acceptors (Lipinski definition) is 8. The fourth-order valence-corrected chi connectivity index (χ4v) is 2.55. The van der Waals surface area contributed by atoms with Crippen molar-refractivity contribution in [2.75, 3.05) is 38.4 Å². The number of anilines is 2. The van der Waals surface area contributed by atoms with E-state index in [-0.39, 0.29) is 6.61 Å². The number of rotatable bonds is 5. The van der Waals surface area contributed by atoms with Crippen molar-refractivity contribution in [3.63, 3.8) is 0 Å². The molecule has 3 N–H and O–H groups in total. The highest BCUT2D eigenvalue weighted by molar-refractivity contribution is 5.87. The third-order valence-electron chi connectivity index (χ3n) is 3.65. The van der Waals surface area contributed by atoms with Crippen molar-refractivity contribution in [2.24, 2.45) is 0 Å². The van der Waals surface area contributed by atoms with Gasteiger partial charge in [-0.1, -0.05) is 0 Å². The SMILES string of the molecule is [2H]C([3H])OC[C@H]1O[C@@H](n2ncc3c(NC)nc(NC)nc32)C[C@H]1O. The van der Waals surface area contributed by atoms with Crippen LogP contribution >= 0.6 is 0 Å². The van der Waals surface area contributed by atoms with Crippen LogP contribution in [0.25, 0.3) is 11.0 Å². The van der Waals surface area contributed by atoms with Crippen LogP contribution in [-0.4, -0.2) is 64.8 Å². The van der Waals surface area contributed by atoms with Crippen molar-refractivity contribution >= 4 is 22.8 Å². The Balaban J connectivity index is 1.87. The Morgan fingerprint density at radius 2 is 2.45 bits per heavy atom. The number of fused-ring (bicyclic) bond motifs is 1. The maximum absolute atomic E-state index is 10.1. The highest BCUT2D eigenvalue weighted by Crippen LogP contribution is 2.32. The van der Waals surface area contributed by atoms with Crippen molar-refractivity contribution in [1.82, 2.24) is 19.7 Å². The molecular weight excluding hydrogens is 288 g/mol. The van der Waals surface area contributed by atoms with Gasteiger partial charge in [-0.25, -0.2) is 4.68 Å². The lowest BCUT2D eigenvalue weighted by molar-refractivity contribution is -0.0557. The lowest BCUT2D eigenvalue weighted by Crippen LogP contribution is -2.25. The van der Waals surface area contributed by atoms with Crippen LogP contribution in [0.3, 0.4) is 0 Å². The molecule has 0 amide bonds. The van der Waals surface area contributed by atoms with Crippen LogP contribution in [-0.2, 0) is 9.47 Å². The van der Waals surface area contributed by atoms with Gasteiger partial charge in [0.1, 0.15) is 11.9 Å². The summed E-state index contributed by atoms with van der Waals surface area (Å²) >= 11 is 0. The second kappa shape index (κ2) is 6.03. The van der Waals surface area contributed by atoms with E-state index in [1.165, 1.54) is 0 Å². The topological polar surface area (TPSA) is 106 Å². The molecule has 0 bridgehead atoms. The van der Waals surface area contributed by atoms with Gasteiger partial charge in [0.15, 0.2) is 11.9 Å². The Labute approximate surface area is 130 Å². The number of nitrogens with one attached hydrogen (secondary N) is 2. The molecular formula is C13H20N6O3. The first-order valence-electron chi connectivity index (χ1n) is 8.09. The number of ether oxygens (including phenoxy) is 2. The molecule has 0 aromatic carbocycles. The quantitative estimate of drug-likeness (QED) is 0.719. The standard InChI is InChI=1S/C13H20N6O3/c1-14-11-7-5-16-19(12(7)18-13(15-2)17-11)10-4-8(20)9(22-10)6-21-3/h5,8-10,20H,4,6H2,1-3H3,(H2,14,15,17,18)/t8-,9-,10-/m1/s1/i3TD/t3?,8-,9-,10-. The average molecular weight is 311 g/mol. The van der Waals surface area contributed by atoms with E-state index in [1.807, 2.05) is 0 Å². The fourth-order valence-electron chi connectivity index (χ4n) is 2.55. The minimum absolute atomic E-state index is 0.0208. The number of aromatic nitrogens is 4. The van der Waals surface area contributed by atoms with Crippen molar-refractivity contribution in [2.45, 2.75) is 24.9 Å². The first kappa shape index (κ1) is 12.6. The van der Waals surface area contributed by atoms with E-state index in [0.29, 0.717) is 23.8 Å². The van der Waals surface area contributed by atoms with Crippen LogP contribution in [0.5, 0.6) is 0 Å². The Bertz CT molecular complexity index is 712. The molecule has 1 saturated heterocycles. The predicted molar refractivity (Wildman–Crippen MR) is 80.8 cm³/mol. The lowest BCUT2D eigenvalue weighted by Gasteiger charge is -2.14. The van der Waals surface area contributed by atoms with Gasteiger partial charge < -0.3 is 25.2 Å². The van der Waals surface area contributed by atoms with Crippen molar-refractivity contribution < 1.29 is 17.3 Å². The Kier molecular flexibility index (Phi) is 3.44. The van der Waals surface area contributed by atoms with Gasteiger partial charge in [-0.3, -0.25) is 0 Å². The van der Waals surface area contributed by atoms with E-state index in [1.54, 1.807) is 25.0 Å². The first-order valence-corrected chi connectivity index (χ1v) is 6.94. The van der Waals surface area contributed by atoms with Crippen LogP contribution in [0.15, 0.2) is 6.20 Å². The minimum atomic E-state index is -1.41. The molecule has 1 aliphatic heterocycles. The van der Waals surface area contributed by atoms with Gasteiger partial charge in [0.05, 0.1) is 27.0 Å². The predicted octanol–water partition coefficient (Wildman–Crippen LogP) is 0.204. The third kappa shape index (κ3) is 2.47. The molecule has 9 heteroatoms. The third-order valence-corrected chi connectivity index (χ3v) is 3.65. The van der Waals surface area contributed by atoms with E-state index < -0.39 is 25.5 Å². The van der Waals surface area contributed by atoms with Gasteiger partial charge in [0, 0.05) is 27.6 Å². The molecule has 3 rings (SSSR count). The fraction of sp³-hybridized carbons (Fsp3) is 0.615. The van der Waals surface area contributed by atoms with Gasteiger partial charge in [-0.15, -0.1) is 0 Å². The second-order valence-corrected chi connectivity index (χ2v) is 4.99. The highest BCUT2D eigenvalue weighted by Gasteiger charge is 2.36. The number of hydrogen-bond donors (Lipinski definition) is 3. The van der Waals surface area contributed by atoms with Crippen LogP contribution in [0.1, 0.15) is 15.4 Å². The van der Waals surface area contributed by atoms with E-state index >= 15 is 0 Å². The van der Waals surface area contributed by atoms with Crippen LogP contribution < -0.4 is 10.6 Å². The number of methoxy groups -OCH3 is 1. The van der Waals surface area contributed by atoms with Crippen LogP contribution in [0, 0.1) is 0 Å². The van der Waals surface area contributed by atoms with E-state index in [4.69, 9.17) is 12.2 Å².